The predicted octanol–water partition coefficient (Wildman–Crippen LogP) is 1.49. The van der Waals surface area contributed by atoms with Crippen molar-refractivity contribution in [2.45, 2.75) is 25.8 Å². The molecule has 0 amide bonds. The molecule has 0 aliphatic carbocycles. The number of benzene rings is 1. The van der Waals surface area contributed by atoms with Crippen LogP contribution < -0.4 is 11.2 Å². The van der Waals surface area contributed by atoms with Crippen molar-refractivity contribution in [3.05, 3.63) is 44.1 Å². The molecule has 30 heavy (non-hydrogen) atoms. The lowest BCUT2D eigenvalue weighted by atomic mass is 10.1. The van der Waals surface area contributed by atoms with Crippen LogP contribution >= 0.6 is 11.6 Å². The molecule has 11 nitrogen and oxygen atoms in total. The fraction of sp³-hybridized carbons (Fsp3) is 0.412. The Morgan fingerprint density at radius 1 is 1.23 bits per heavy atom. The van der Waals surface area contributed by atoms with Gasteiger partial charge in [-0.25, -0.2) is 9.78 Å². The van der Waals surface area contributed by atoms with Gasteiger partial charge in [-0.15, -0.1) is 0 Å². The van der Waals surface area contributed by atoms with E-state index >= 15 is 0 Å². The fourth-order valence-electron chi connectivity index (χ4n) is 3.01. The molecule has 2 aliphatic rings. The molecule has 3 N–H and O–H groups in total. The van der Waals surface area contributed by atoms with E-state index in [1.165, 1.54) is 0 Å². The summed E-state index contributed by atoms with van der Waals surface area (Å²) in [5.41, 5.74) is 0.346. The first-order chi connectivity index (χ1) is 13.9. The maximum absolute atomic E-state index is 12.2. The molecule has 0 aromatic heterocycles. The molecule has 0 saturated heterocycles. The van der Waals surface area contributed by atoms with Gasteiger partial charge in [-0.2, -0.15) is 13.4 Å². The highest BCUT2D eigenvalue weighted by atomic mass is 35.5. The molecule has 0 saturated carbocycles. The van der Waals surface area contributed by atoms with Crippen molar-refractivity contribution in [3.63, 3.8) is 0 Å². The first kappa shape index (κ1) is 23.9. The molecule has 1 aromatic carbocycles. The zero-order valence-corrected chi connectivity index (χ0v) is 18.1. The number of fused-ring (bicyclic) bond motifs is 2. The minimum atomic E-state index is -4.67. The van der Waals surface area contributed by atoms with Crippen LogP contribution in [0.2, 0.25) is 5.02 Å². The highest BCUT2D eigenvalue weighted by Gasteiger charge is 2.21. The number of nitrogens with one attached hydrogen (secondary N) is 1. The van der Waals surface area contributed by atoms with Crippen LogP contribution in [0.4, 0.5) is 0 Å². The minimum Gasteiger partial charge on any atom is -0.319 e. The van der Waals surface area contributed by atoms with Crippen molar-refractivity contribution < 1.29 is 17.5 Å². The summed E-state index contributed by atoms with van der Waals surface area (Å²) in [7, 11) is -0.607. The van der Waals surface area contributed by atoms with E-state index in [9.17, 15) is 9.59 Å². The van der Waals surface area contributed by atoms with Gasteiger partial charge in [0.05, 0.1) is 11.0 Å². The Labute approximate surface area is 177 Å². The van der Waals surface area contributed by atoms with E-state index in [1.54, 1.807) is 12.1 Å². The molecule has 0 fully saturated rings. The Morgan fingerprint density at radius 2 is 1.87 bits per heavy atom. The lowest BCUT2D eigenvalue weighted by Gasteiger charge is -2.23. The van der Waals surface area contributed by atoms with E-state index in [4.69, 9.17) is 29.1 Å². The van der Waals surface area contributed by atoms with Gasteiger partial charge in [-0.05, 0) is 58.6 Å². The van der Waals surface area contributed by atoms with Crippen LogP contribution in [0.3, 0.4) is 0 Å². The Balaban J connectivity index is 0.000000575. The van der Waals surface area contributed by atoms with Crippen molar-refractivity contribution in [3.8, 4) is 11.5 Å². The van der Waals surface area contributed by atoms with Crippen molar-refractivity contribution in [2.24, 2.45) is 0 Å². The topological polar surface area (TPSA) is 158 Å². The number of rotatable bonds is 5. The zero-order valence-electron chi connectivity index (χ0n) is 16.5. The smallest absolute Gasteiger partial charge is 0.319 e. The summed E-state index contributed by atoms with van der Waals surface area (Å²) in [4.78, 5) is 36.6. The van der Waals surface area contributed by atoms with E-state index in [0.717, 1.165) is 24.9 Å². The fourth-order valence-corrected chi connectivity index (χ4v) is 3.17. The van der Waals surface area contributed by atoms with Crippen LogP contribution in [0.5, 0.6) is 0 Å². The molecule has 13 heteroatoms. The highest BCUT2D eigenvalue weighted by molar-refractivity contribution is 7.79. The van der Waals surface area contributed by atoms with Crippen molar-refractivity contribution in [2.75, 3.05) is 20.6 Å². The van der Waals surface area contributed by atoms with E-state index in [2.05, 4.69) is 26.8 Å². The van der Waals surface area contributed by atoms with E-state index < -0.39 is 21.6 Å². The third-order valence-electron chi connectivity index (χ3n) is 4.18. The third-order valence-corrected chi connectivity index (χ3v) is 4.42. The average molecular weight is 460 g/mol. The molecule has 3 rings (SSSR count). The second-order valence-corrected chi connectivity index (χ2v) is 8.23. The maximum Gasteiger partial charge on any atom is 0.394 e. The Hall–Kier alpha value is -2.38. The third kappa shape index (κ3) is 6.57. The maximum atomic E-state index is 12.2. The number of aromatic nitrogens is 4. The Kier molecular flexibility index (Phi) is 7.66. The molecule has 1 atom stereocenters. The Bertz CT molecular complexity index is 1220. The van der Waals surface area contributed by atoms with E-state index in [0.29, 0.717) is 16.4 Å². The first-order valence-electron chi connectivity index (χ1n) is 8.83. The molecule has 1 unspecified atom stereocenters. The summed E-state index contributed by atoms with van der Waals surface area (Å²) in [6, 6.07) is 5.37. The van der Waals surface area contributed by atoms with Gasteiger partial charge >= 0.3 is 16.1 Å². The summed E-state index contributed by atoms with van der Waals surface area (Å²) >= 11 is 6.08. The minimum absolute atomic E-state index is 0.0443. The number of nitrogens with zero attached hydrogens (tertiary/aromatic N) is 4. The van der Waals surface area contributed by atoms with Crippen LogP contribution in [-0.4, -0.2) is 62.6 Å². The lowest BCUT2D eigenvalue weighted by Crippen LogP contribution is -2.29. The second kappa shape index (κ2) is 9.62. The molecule has 0 radical (unpaired) electrons. The number of aromatic amines is 1. The van der Waals surface area contributed by atoms with Crippen molar-refractivity contribution >= 4 is 33.0 Å². The average Bonchev–Trinajstić information content (AvgIpc) is 2.58. The molecular weight excluding hydrogens is 438 g/mol. The standard InChI is InChI=1S/C17H20ClN5O2.H2O4S/c1-10(5-4-8-22(2)3)23-13-7-6-11(18)9-12(13)19-14-15(23)20-17(25)21-16(14)24;1-5(2,3)4/h6-7,9-10H,4-5,8H2,1-3H3,(H,21,24,25);(H2,1,2,3,4). The summed E-state index contributed by atoms with van der Waals surface area (Å²) < 4.78 is 33.5. The second-order valence-electron chi connectivity index (χ2n) is 6.90. The van der Waals surface area contributed by atoms with Gasteiger partial charge < -0.3 is 9.47 Å². The molecular formula is C17H22ClN5O6S. The molecule has 2 heterocycles. The Morgan fingerprint density at radius 3 is 2.47 bits per heavy atom. The predicted molar refractivity (Wildman–Crippen MR) is 113 cm³/mol. The largest absolute Gasteiger partial charge is 0.394 e. The number of hydrogen-bond donors (Lipinski definition) is 3. The van der Waals surface area contributed by atoms with Crippen LogP contribution in [-0.2, 0) is 10.4 Å². The SMILES string of the molecule is CC(CCCN(C)C)n1c2nc(=O)[nH]c(=O)c-2nc2cc(Cl)ccc21.O=S(=O)(O)O. The van der Waals surface area contributed by atoms with Crippen molar-refractivity contribution in [1.29, 1.82) is 0 Å². The van der Waals surface area contributed by atoms with Gasteiger partial charge in [0, 0.05) is 11.1 Å². The van der Waals surface area contributed by atoms with E-state index in [-0.39, 0.29) is 11.7 Å². The van der Waals surface area contributed by atoms with Crippen molar-refractivity contribution in [1.82, 2.24) is 24.4 Å². The van der Waals surface area contributed by atoms with Gasteiger partial charge in [0.15, 0.2) is 11.5 Å². The van der Waals surface area contributed by atoms with Gasteiger partial charge in [0.25, 0.3) is 5.56 Å². The molecule has 2 aliphatic heterocycles. The number of H-pyrrole nitrogens is 1. The number of hydrogen-bond acceptors (Lipinski definition) is 7. The van der Waals surface area contributed by atoms with Gasteiger partial charge in [-0.3, -0.25) is 18.9 Å². The molecule has 0 spiro atoms. The summed E-state index contributed by atoms with van der Waals surface area (Å²) in [6.07, 6.45) is 1.86. The summed E-state index contributed by atoms with van der Waals surface area (Å²) in [5.74, 6) is 0.306. The first-order valence-corrected chi connectivity index (χ1v) is 10.6. The van der Waals surface area contributed by atoms with Gasteiger partial charge in [-0.1, -0.05) is 11.6 Å². The quantitative estimate of drug-likeness (QED) is 0.379. The molecule has 1 aromatic rings. The normalized spacial score (nSPS) is 12.8. The van der Waals surface area contributed by atoms with Gasteiger partial charge in [0.1, 0.15) is 0 Å². The molecule has 164 valence electrons. The van der Waals surface area contributed by atoms with Crippen LogP contribution in [0.25, 0.3) is 22.6 Å². The van der Waals surface area contributed by atoms with E-state index in [1.807, 2.05) is 24.7 Å². The molecule has 0 bridgehead atoms. The summed E-state index contributed by atoms with van der Waals surface area (Å²) in [6.45, 7) is 3.01. The van der Waals surface area contributed by atoms with Crippen LogP contribution in [0.15, 0.2) is 27.8 Å². The number of halogens is 1. The zero-order chi connectivity index (χ0) is 22.6. The van der Waals surface area contributed by atoms with Crippen LogP contribution in [0.1, 0.15) is 25.8 Å². The van der Waals surface area contributed by atoms with Crippen LogP contribution in [0, 0.1) is 0 Å². The summed E-state index contributed by atoms with van der Waals surface area (Å²) in [5, 5.41) is 0.538. The monoisotopic (exact) mass is 459 g/mol. The highest BCUT2D eigenvalue weighted by Crippen LogP contribution is 2.28. The lowest BCUT2D eigenvalue weighted by molar-refractivity contribution is 0.372. The van der Waals surface area contributed by atoms with Gasteiger partial charge in [0.2, 0.25) is 0 Å².